The lowest BCUT2D eigenvalue weighted by molar-refractivity contribution is 0.458. The number of hydrogen-bond donors (Lipinski definition) is 2. The predicted octanol–water partition coefficient (Wildman–Crippen LogP) is 3.69. The Labute approximate surface area is 101 Å². The van der Waals surface area contributed by atoms with E-state index in [1.807, 2.05) is 39.0 Å². The predicted molar refractivity (Wildman–Crippen MR) is 69.4 cm³/mol. The van der Waals surface area contributed by atoms with Gasteiger partial charge in [0.2, 0.25) is 0 Å². The summed E-state index contributed by atoms with van der Waals surface area (Å²) < 4.78 is 0. The highest BCUT2D eigenvalue weighted by molar-refractivity contribution is 5.80. The van der Waals surface area contributed by atoms with E-state index in [9.17, 15) is 10.2 Å². The molecule has 0 aromatic heterocycles. The van der Waals surface area contributed by atoms with E-state index >= 15 is 0 Å². The molecule has 0 saturated heterocycles. The maximum absolute atomic E-state index is 10.0. The van der Waals surface area contributed by atoms with Gasteiger partial charge in [0.1, 0.15) is 11.5 Å². The quantitative estimate of drug-likeness (QED) is 0.731. The van der Waals surface area contributed by atoms with Gasteiger partial charge in [-0.05, 0) is 49.6 Å². The van der Waals surface area contributed by atoms with Crippen molar-refractivity contribution in [2.45, 2.75) is 20.8 Å². The number of aromatic hydroxyl groups is 2. The summed E-state index contributed by atoms with van der Waals surface area (Å²) in [6.07, 6.45) is 0. The SMILES string of the molecule is Cc1cccc(C)c1-c1c(O)ccc(O)c1C. The Balaban J connectivity index is 2.82. The second-order valence-corrected chi connectivity index (χ2v) is 4.37. The Morgan fingerprint density at radius 1 is 0.706 bits per heavy atom. The molecule has 2 rings (SSSR count). The van der Waals surface area contributed by atoms with Gasteiger partial charge in [0.05, 0.1) is 0 Å². The number of benzene rings is 2. The summed E-state index contributed by atoms with van der Waals surface area (Å²) in [5.41, 5.74) is 4.62. The van der Waals surface area contributed by atoms with Crippen molar-refractivity contribution in [3.05, 3.63) is 47.0 Å². The van der Waals surface area contributed by atoms with Crippen LogP contribution in [0.2, 0.25) is 0 Å². The van der Waals surface area contributed by atoms with Crippen molar-refractivity contribution in [2.75, 3.05) is 0 Å². The normalized spacial score (nSPS) is 10.5. The first-order chi connectivity index (χ1) is 8.02. The highest BCUT2D eigenvalue weighted by atomic mass is 16.3. The molecule has 0 aliphatic heterocycles. The maximum atomic E-state index is 10.0. The third-order valence-corrected chi connectivity index (χ3v) is 3.15. The zero-order chi connectivity index (χ0) is 12.6. The fourth-order valence-corrected chi connectivity index (χ4v) is 2.21. The third kappa shape index (κ3) is 1.86. The van der Waals surface area contributed by atoms with Crippen LogP contribution in [0.25, 0.3) is 11.1 Å². The molecule has 0 unspecified atom stereocenters. The van der Waals surface area contributed by atoms with Gasteiger partial charge in [-0.3, -0.25) is 0 Å². The van der Waals surface area contributed by atoms with Gasteiger partial charge >= 0.3 is 0 Å². The summed E-state index contributed by atoms with van der Waals surface area (Å²) in [5, 5.41) is 19.8. The van der Waals surface area contributed by atoms with Crippen LogP contribution in [0.3, 0.4) is 0 Å². The molecule has 88 valence electrons. The highest BCUT2D eigenvalue weighted by Crippen LogP contribution is 2.39. The van der Waals surface area contributed by atoms with Gasteiger partial charge in [0.25, 0.3) is 0 Å². The number of phenols is 2. The second kappa shape index (κ2) is 4.13. The molecule has 2 aromatic carbocycles. The molecule has 2 aromatic rings. The summed E-state index contributed by atoms with van der Waals surface area (Å²) in [6.45, 7) is 5.83. The lowest BCUT2D eigenvalue weighted by Gasteiger charge is -2.15. The van der Waals surface area contributed by atoms with Crippen LogP contribution in [0, 0.1) is 20.8 Å². The first kappa shape index (κ1) is 11.5. The molecule has 0 amide bonds. The molecular weight excluding hydrogens is 212 g/mol. The molecule has 2 nitrogen and oxygen atoms in total. The summed E-state index contributed by atoms with van der Waals surface area (Å²) in [5.74, 6) is 0.415. The molecule has 0 heterocycles. The average molecular weight is 228 g/mol. The molecule has 0 aliphatic rings. The maximum Gasteiger partial charge on any atom is 0.123 e. The molecule has 0 fully saturated rings. The Kier molecular flexibility index (Phi) is 2.80. The zero-order valence-electron chi connectivity index (χ0n) is 10.3. The van der Waals surface area contributed by atoms with Gasteiger partial charge in [-0.2, -0.15) is 0 Å². The fourth-order valence-electron chi connectivity index (χ4n) is 2.21. The first-order valence-electron chi connectivity index (χ1n) is 5.60. The van der Waals surface area contributed by atoms with Crippen molar-refractivity contribution < 1.29 is 10.2 Å². The molecular formula is C15H16O2. The van der Waals surface area contributed by atoms with Crippen LogP contribution >= 0.6 is 0 Å². The van der Waals surface area contributed by atoms with Crippen molar-refractivity contribution >= 4 is 0 Å². The highest BCUT2D eigenvalue weighted by Gasteiger charge is 2.14. The van der Waals surface area contributed by atoms with Gasteiger partial charge in [-0.25, -0.2) is 0 Å². The fraction of sp³-hybridized carbons (Fsp3) is 0.200. The zero-order valence-corrected chi connectivity index (χ0v) is 10.3. The molecule has 0 radical (unpaired) electrons. The van der Waals surface area contributed by atoms with E-state index in [1.54, 1.807) is 0 Å². The van der Waals surface area contributed by atoms with Crippen LogP contribution in [-0.2, 0) is 0 Å². The van der Waals surface area contributed by atoms with Crippen LogP contribution in [0.1, 0.15) is 16.7 Å². The molecule has 0 atom stereocenters. The van der Waals surface area contributed by atoms with E-state index in [-0.39, 0.29) is 11.5 Å². The number of rotatable bonds is 1. The summed E-state index contributed by atoms with van der Waals surface area (Å²) >= 11 is 0. The summed E-state index contributed by atoms with van der Waals surface area (Å²) in [4.78, 5) is 0. The Bertz CT molecular complexity index is 551. The van der Waals surface area contributed by atoms with E-state index in [1.165, 1.54) is 12.1 Å². The van der Waals surface area contributed by atoms with Crippen LogP contribution in [0.15, 0.2) is 30.3 Å². The Hall–Kier alpha value is -1.96. The summed E-state index contributed by atoms with van der Waals surface area (Å²) in [6, 6.07) is 9.05. The minimum absolute atomic E-state index is 0.206. The molecule has 17 heavy (non-hydrogen) atoms. The molecule has 0 bridgehead atoms. The van der Waals surface area contributed by atoms with Crippen LogP contribution in [-0.4, -0.2) is 10.2 Å². The summed E-state index contributed by atoms with van der Waals surface area (Å²) in [7, 11) is 0. The van der Waals surface area contributed by atoms with E-state index < -0.39 is 0 Å². The van der Waals surface area contributed by atoms with Crippen LogP contribution in [0.5, 0.6) is 11.5 Å². The lowest BCUT2D eigenvalue weighted by Crippen LogP contribution is -1.91. The molecule has 2 N–H and O–H groups in total. The van der Waals surface area contributed by atoms with E-state index in [4.69, 9.17) is 0 Å². The van der Waals surface area contributed by atoms with Gasteiger partial charge in [-0.1, -0.05) is 18.2 Å². The minimum Gasteiger partial charge on any atom is -0.508 e. The molecule has 0 saturated carbocycles. The smallest absolute Gasteiger partial charge is 0.123 e. The molecule has 2 heteroatoms. The van der Waals surface area contributed by atoms with Crippen molar-refractivity contribution in [1.29, 1.82) is 0 Å². The van der Waals surface area contributed by atoms with Crippen LogP contribution < -0.4 is 0 Å². The first-order valence-corrected chi connectivity index (χ1v) is 5.60. The Morgan fingerprint density at radius 3 is 1.82 bits per heavy atom. The van der Waals surface area contributed by atoms with Crippen molar-refractivity contribution in [3.63, 3.8) is 0 Å². The van der Waals surface area contributed by atoms with Gasteiger partial charge < -0.3 is 10.2 Å². The van der Waals surface area contributed by atoms with Gasteiger partial charge in [0.15, 0.2) is 0 Å². The van der Waals surface area contributed by atoms with Crippen molar-refractivity contribution in [3.8, 4) is 22.6 Å². The third-order valence-electron chi connectivity index (χ3n) is 3.15. The number of aryl methyl sites for hydroxylation is 2. The standard InChI is InChI=1S/C15H16O2/c1-9-5-4-6-10(2)14(9)15-11(3)12(16)7-8-13(15)17/h4-8,16-17H,1-3H3. The van der Waals surface area contributed by atoms with E-state index in [0.717, 1.165) is 22.3 Å². The van der Waals surface area contributed by atoms with E-state index in [0.29, 0.717) is 5.56 Å². The average Bonchev–Trinajstić information content (AvgIpc) is 2.28. The molecule has 0 aliphatic carbocycles. The minimum atomic E-state index is 0.206. The molecule has 0 spiro atoms. The number of phenolic OH excluding ortho intramolecular Hbond substituents is 2. The topological polar surface area (TPSA) is 40.5 Å². The number of hydrogen-bond acceptors (Lipinski definition) is 2. The largest absolute Gasteiger partial charge is 0.508 e. The van der Waals surface area contributed by atoms with Crippen molar-refractivity contribution in [1.82, 2.24) is 0 Å². The van der Waals surface area contributed by atoms with Crippen molar-refractivity contribution in [2.24, 2.45) is 0 Å². The van der Waals surface area contributed by atoms with Gasteiger partial charge in [-0.15, -0.1) is 0 Å². The van der Waals surface area contributed by atoms with E-state index in [2.05, 4.69) is 0 Å². The lowest BCUT2D eigenvalue weighted by atomic mass is 9.91. The second-order valence-electron chi connectivity index (χ2n) is 4.37. The Morgan fingerprint density at radius 2 is 1.24 bits per heavy atom. The van der Waals surface area contributed by atoms with Gasteiger partial charge in [0, 0.05) is 11.1 Å². The monoisotopic (exact) mass is 228 g/mol. The van der Waals surface area contributed by atoms with Crippen LogP contribution in [0.4, 0.5) is 0 Å².